The molecule has 104 valence electrons. The van der Waals surface area contributed by atoms with E-state index < -0.39 is 0 Å². The molecular weight excluding hydrogens is 236 g/mol. The van der Waals surface area contributed by atoms with Crippen LogP contribution in [-0.2, 0) is 0 Å². The van der Waals surface area contributed by atoms with Crippen LogP contribution < -0.4 is 5.32 Å². The standard InChI is InChI=1S/C16H24N2O/c1-12-7-8-14(10-13(12)2)16(19)18(3)11-15-6-4-5-9-17-15/h7-8,10,15,17H,4-6,9,11H2,1-3H3. The Hall–Kier alpha value is -1.35. The van der Waals surface area contributed by atoms with Crippen molar-refractivity contribution in [1.82, 2.24) is 10.2 Å². The van der Waals surface area contributed by atoms with Crippen LogP contribution in [0, 0.1) is 13.8 Å². The molecule has 1 fully saturated rings. The van der Waals surface area contributed by atoms with E-state index in [1.807, 2.05) is 30.1 Å². The average molecular weight is 260 g/mol. The summed E-state index contributed by atoms with van der Waals surface area (Å²) >= 11 is 0. The van der Waals surface area contributed by atoms with Crippen molar-refractivity contribution in [3.05, 3.63) is 34.9 Å². The van der Waals surface area contributed by atoms with Crippen LogP contribution >= 0.6 is 0 Å². The van der Waals surface area contributed by atoms with E-state index in [1.165, 1.54) is 30.4 Å². The van der Waals surface area contributed by atoms with E-state index in [1.54, 1.807) is 0 Å². The molecule has 1 heterocycles. The first-order valence-electron chi connectivity index (χ1n) is 7.14. The Kier molecular flexibility index (Phi) is 4.59. The molecule has 1 saturated heterocycles. The summed E-state index contributed by atoms with van der Waals surface area (Å²) < 4.78 is 0. The average Bonchev–Trinajstić information content (AvgIpc) is 2.42. The molecule has 1 aliphatic rings. The maximum absolute atomic E-state index is 12.4. The number of rotatable bonds is 3. The maximum atomic E-state index is 12.4. The van der Waals surface area contributed by atoms with E-state index >= 15 is 0 Å². The lowest BCUT2D eigenvalue weighted by molar-refractivity contribution is 0.0775. The number of likely N-dealkylation sites (N-methyl/N-ethyl adjacent to an activating group) is 1. The molecule has 1 aliphatic heterocycles. The largest absolute Gasteiger partial charge is 0.340 e. The summed E-state index contributed by atoms with van der Waals surface area (Å²) in [5.74, 6) is 0.121. The number of amides is 1. The lowest BCUT2D eigenvalue weighted by Gasteiger charge is -2.28. The summed E-state index contributed by atoms with van der Waals surface area (Å²) in [6.07, 6.45) is 3.69. The first-order chi connectivity index (χ1) is 9.08. The third kappa shape index (κ3) is 3.57. The smallest absolute Gasteiger partial charge is 0.253 e. The number of nitrogens with zero attached hydrogens (tertiary/aromatic N) is 1. The summed E-state index contributed by atoms with van der Waals surface area (Å²) in [6.45, 7) is 6.00. The van der Waals surface area contributed by atoms with Crippen LogP contribution in [0.4, 0.5) is 0 Å². The Morgan fingerprint density at radius 3 is 2.74 bits per heavy atom. The Balaban J connectivity index is 1.99. The fourth-order valence-corrected chi connectivity index (χ4v) is 2.59. The van der Waals surface area contributed by atoms with Crippen molar-refractivity contribution in [2.24, 2.45) is 0 Å². The van der Waals surface area contributed by atoms with Crippen LogP contribution in [0.2, 0.25) is 0 Å². The number of carbonyl (C=O) groups excluding carboxylic acids is 1. The van der Waals surface area contributed by atoms with Gasteiger partial charge in [-0.05, 0) is 56.5 Å². The highest BCUT2D eigenvalue weighted by molar-refractivity contribution is 5.94. The van der Waals surface area contributed by atoms with Crippen molar-refractivity contribution in [3.8, 4) is 0 Å². The van der Waals surface area contributed by atoms with Crippen molar-refractivity contribution in [3.63, 3.8) is 0 Å². The molecule has 1 atom stereocenters. The van der Waals surface area contributed by atoms with Gasteiger partial charge in [0, 0.05) is 25.2 Å². The normalized spacial score (nSPS) is 19.2. The van der Waals surface area contributed by atoms with Crippen molar-refractivity contribution in [2.75, 3.05) is 20.1 Å². The zero-order chi connectivity index (χ0) is 13.8. The summed E-state index contributed by atoms with van der Waals surface area (Å²) in [4.78, 5) is 14.2. The molecule has 0 saturated carbocycles. The number of benzene rings is 1. The number of aryl methyl sites for hydroxylation is 2. The third-order valence-corrected chi connectivity index (χ3v) is 4.01. The minimum absolute atomic E-state index is 0.121. The van der Waals surface area contributed by atoms with Gasteiger partial charge in [-0.25, -0.2) is 0 Å². The minimum atomic E-state index is 0.121. The van der Waals surface area contributed by atoms with Gasteiger partial charge < -0.3 is 10.2 Å². The molecule has 0 aromatic heterocycles. The number of hydrogen-bond acceptors (Lipinski definition) is 2. The van der Waals surface area contributed by atoms with Crippen molar-refractivity contribution >= 4 is 5.91 Å². The van der Waals surface area contributed by atoms with Gasteiger partial charge in [0.15, 0.2) is 0 Å². The zero-order valence-electron chi connectivity index (χ0n) is 12.2. The lowest BCUT2D eigenvalue weighted by Crippen LogP contribution is -2.44. The molecule has 2 rings (SSSR count). The van der Waals surface area contributed by atoms with Gasteiger partial charge in [-0.1, -0.05) is 12.5 Å². The van der Waals surface area contributed by atoms with Crippen molar-refractivity contribution < 1.29 is 4.79 Å². The van der Waals surface area contributed by atoms with Crippen LogP contribution in [0.5, 0.6) is 0 Å². The fourth-order valence-electron chi connectivity index (χ4n) is 2.59. The second-order valence-electron chi connectivity index (χ2n) is 5.63. The molecule has 19 heavy (non-hydrogen) atoms. The zero-order valence-corrected chi connectivity index (χ0v) is 12.2. The Labute approximate surface area is 116 Å². The van der Waals surface area contributed by atoms with E-state index in [0.717, 1.165) is 18.7 Å². The van der Waals surface area contributed by atoms with Crippen LogP contribution in [0.3, 0.4) is 0 Å². The van der Waals surface area contributed by atoms with E-state index in [0.29, 0.717) is 6.04 Å². The van der Waals surface area contributed by atoms with Crippen LogP contribution in [0.15, 0.2) is 18.2 Å². The van der Waals surface area contributed by atoms with E-state index in [9.17, 15) is 4.79 Å². The van der Waals surface area contributed by atoms with Crippen molar-refractivity contribution in [2.45, 2.75) is 39.2 Å². The third-order valence-electron chi connectivity index (χ3n) is 4.01. The van der Waals surface area contributed by atoms with Gasteiger partial charge in [0.05, 0.1) is 0 Å². The number of nitrogens with one attached hydrogen (secondary N) is 1. The molecule has 0 aliphatic carbocycles. The van der Waals surface area contributed by atoms with Gasteiger partial charge in [0.1, 0.15) is 0 Å². The molecule has 0 radical (unpaired) electrons. The number of hydrogen-bond donors (Lipinski definition) is 1. The summed E-state index contributed by atoms with van der Waals surface area (Å²) in [6, 6.07) is 6.39. The van der Waals surface area contributed by atoms with Crippen molar-refractivity contribution in [1.29, 1.82) is 0 Å². The number of carbonyl (C=O) groups is 1. The van der Waals surface area contributed by atoms with E-state index in [-0.39, 0.29) is 5.91 Å². The molecular formula is C16H24N2O. The Morgan fingerprint density at radius 2 is 2.11 bits per heavy atom. The molecule has 3 nitrogen and oxygen atoms in total. The fraction of sp³-hybridized carbons (Fsp3) is 0.562. The molecule has 1 aromatic carbocycles. The summed E-state index contributed by atoms with van der Waals surface area (Å²) in [5.41, 5.74) is 3.20. The maximum Gasteiger partial charge on any atom is 0.253 e. The first kappa shape index (κ1) is 14.1. The molecule has 3 heteroatoms. The molecule has 1 amide bonds. The van der Waals surface area contributed by atoms with E-state index in [2.05, 4.69) is 19.2 Å². The molecule has 0 spiro atoms. The highest BCUT2D eigenvalue weighted by atomic mass is 16.2. The monoisotopic (exact) mass is 260 g/mol. The second-order valence-corrected chi connectivity index (χ2v) is 5.63. The predicted octanol–water partition coefficient (Wildman–Crippen LogP) is 2.52. The Bertz CT molecular complexity index is 450. The van der Waals surface area contributed by atoms with E-state index in [4.69, 9.17) is 0 Å². The first-order valence-corrected chi connectivity index (χ1v) is 7.14. The highest BCUT2D eigenvalue weighted by Crippen LogP contribution is 2.13. The number of piperidine rings is 1. The second kappa shape index (κ2) is 6.20. The van der Waals surface area contributed by atoms with Gasteiger partial charge in [0.2, 0.25) is 0 Å². The van der Waals surface area contributed by atoms with Crippen LogP contribution in [-0.4, -0.2) is 37.0 Å². The molecule has 0 bridgehead atoms. The summed E-state index contributed by atoms with van der Waals surface area (Å²) in [5, 5.41) is 3.48. The highest BCUT2D eigenvalue weighted by Gasteiger charge is 2.18. The van der Waals surface area contributed by atoms with Gasteiger partial charge in [-0.3, -0.25) is 4.79 Å². The SMILES string of the molecule is Cc1ccc(C(=O)N(C)CC2CCCCN2)cc1C. The summed E-state index contributed by atoms with van der Waals surface area (Å²) in [7, 11) is 1.90. The topological polar surface area (TPSA) is 32.3 Å². The molecule has 1 unspecified atom stereocenters. The molecule has 1 N–H and O–H groups in total. The van der Waals surface area contributed by atoms with Crippen LogP contribution in [0.25, 0.3) is 0 Å². The Morgan fingerprint density at radius 1 is 1.32 bits per heavy atom. The molecule has 1 aromatic rings. The minimum Gasteiger partial charge on any atom is -0.340 e. The quantitative estimate of drug-likeness (QED) is 0.905. The van der Waals surface area contributed by atoms with Gasteiger partial charge >= 0.3 is 0 Å². The van der Waals surface area contributed by atoms with Gasteiger partial charge in [-0.15, -0.1) is 0 Å². The predicted molar refractivity (Wildman–Crippen MR) is 78.5 cm³/mol. The van der Waals surface area contributed by atoms with Crippen LogP contribution in [0.1, 0.15) is 40.7 Å². The van der Waals surface area contributed by atoms with Gasteiger partial charge in [0.25, 0.3) is 5.91 Å². The lowest BCUT2D eigenvalue weighted by atomic mass is 10.0. The van der Waals surface area contributed by atoms with Gasteiger partial charge in [-0.2, -0.15) is 0 Å².